The van der Waals surface area contributed by atoms with Crippen LogP contribution in [0.4, 0.5) is 4.39 Å². The minimum absolute atomic E-state index is 0.204. The molecule has 6 nitrogen and oxygen atoms in total. The molecule has 0 aromatic heterocycles. The molecule has 1 fully saturated rings. The number of carboxylic acids is 1. The molecule has 0 atom stereocenters. The molecular weight excluding hydrogens is 501 g/mol. The Bertz CT molecular complexity index is 1300. The van der Waals surface area contributed by atoms with E-state index in [4.69, 9.17) is 26.8 Å². The molecule has 0 saturated carbocycles. The monoisotopic (exact) mass is 523 g/mol. The molecule has 1 amide bonds. The molecule has 1 N–H and O–H groups in total. The standard InChI is InChI=1S/C27H22FNO5S2/c28-21-9-6-18(7-10-21)12-13-33-22-11-8-20(14-23(22)34-17-19-4-2-1-3-5-19)15-24-26(32)29(16-25(30)31)27(35)36-24/h1-11,14-15H,12-13,16-17H2,(H,30,31)/b24-15-. The second-order valence-electron chi connectivity index (χ2n) is 7.87. The molecule has 0 radical (unpaired) electrons. The smallest absolute Gasteiger partial charge is 0.323 e. The summed E-state index contributed by atoms with van der Waals surface area (Å²) in [6.45, 7) is 0.203. The summed E-state index contributed by atoms with van der Waals surface area (Å²) in [5, 5.41) is 9.03. The molecule has 0 bridgehead atoms. The van der Waals surface area contributed by atoms with E-state index in [1.807, 2.05) is 30.3 Å². The summed E-state index contributed by atoms with van der Waals surface area (Å²) in [4.78, 5) is 25.1. The van der Waals surface area contributed by atoms with E-state index in [9.17, 15) is 14.0 Å². The fourth-order valence-electron chi connectivity index (χ4n) is 3.43. The van der Waals surface area contributed by atoms with Crippen LogP contribution < -0.4 is 9.47 Å². The van der Waals surface area contributed by atoms with Gasteiger partial charge in [-0.2, -0.15) is 0 Å². The van der Waals surface area contributed by atoms with Crippen LogP contribution in [0.1, 0.15) is 16.7 Å². The molecule has 184 valence electrons. The normalized spacial score (nSPS) is 14.4. The molecule has 1 aliphatic heterocycles. The first-order chi connectivity index (χ1) is 17.4. The number of nitrogens with zero attached hydrogens (tertiary/aromatic N) is 1. The van der Waals surface area contributed by atoms with Gasteiger partial charge < -0.3 is 14.6 Å². The van der Waals surface area contributed by atoms with E-state index in [0.29, 0.717) is 41.6 Å². The zero-order chi connectivity index (χ0) is 25.5. The Balaban J connectivity index is 1.52. The lowest BCUT2D eigenvalue weighted by Gasteiger charge is -2.14. The summed E-state index contributed by atoms with van der Waals surface area (Å²) in [7, 11) is 0. The molecule has 1 saturated heterocycles. The minimum Gasteiger partial charge on any atom is -0.489 e. The third-order valence-corrected chi connectivity index (χ3v) is 6.61. The molecule has 0 unspecified atom stereocenters. The van der Waals surface area contributed by atoms with Crippen LogP contribution in [0.5, 0.6) is 11.5 Å². The van der Waals surface area contributed by atoms with Crippen LogP contribution in [0, 0.1) is 5.82 Å². The average Bonchev–Trinajstić information content (AvgIpc) is 3.12. The largest absolute Gasteiger partial charge is 0.489 e. The van der Waals surface area contributed by atoms with Gasteiger partial charge in [0.2, 0.25) is 0 Å². The van der Waals surface area contributed by atoms with Crippen LogP contribution in [0.25, 0.3) is 6.08 Å². The van der Waals surface area contributed by atoms with Crippen LogP contribution in [-0.2, 0) is 22.6 Å². The fourth-order valence-corrected chi connectivity index (χ4v) is 4.69. The van der Waals surface area contributed by atoms with Crippen LogP contribution in [0.3, 0.4) is 0 Å². The van der Waals surface area contributed by atoms with Crippen molar-refractivity contribution in [2.24, 2.45) is 0 Å². The minimum atomic E-state index is -1.13. The predicted molar refractivity (Wildman–Crippen MR) is 140 cm³/mol. The van der Waals surface area contributed by atoms with Crippen molar-refractivity contribution in [1.82, 2.24) is 4.90 Å². The lowest BCUT2D eigenvalue weighted by molar-refractivity contribution is -0.140. The highest BCUT2D eigenvalue weighted by Crippen LogP contribution is 2.35. The summed E-state index contributed by atoms with van der Waals surface area (Å²) < 4.78 is 25.4. The van der Waals surface area contributed by atoms with Crippen molar-refractivity contribution in [3.05, 3.63) is 100 Å². The van der Waals surface area contributed by atoms with E-state index in [1.54, 1.807) is 36.4 Å². The van der Waals surface area contributed by atoms with E-state index in [2.05, 4.69) is 0 Å². The van der Waals surface area contributed by atoms with Crippen molar-refractivity contribution >= 4 is 46.3 Å². The van der Waals surface area contributed by atoms with Crippen molar-refractivity contribution < 1.29 is 28.6 Å². The first kappa shape index (κ1) is 25.4. The summed E-state index contributed by atoms with van der Waals surface area (Å²) in [6, 6.07) is 21.2. The zero-order valence-corrected chi connectivity index (χ0v) is 20.7. The number of carboxylic acid groups (broad SMARTS) is 1. The topological polar surface area (TPSA) is 76.1 Å². The molecule has 0 spiro atoms. The van der Waals surface area contributed by atoms with Crippen LogP contribution >= 0.6 is 24.0 Å². The van der Waals surface area contributed by atoms with E-state index < -0.39 is 18.4 Å². The van der Waals surface area contributed by atoms with Gasteiger partial charge in [0, 0.05) is 6.42 Å². The number of halogens is 1. The molecule has 3 aromatic rings. The van der Waals surface area contributed by atoms with Crippen LogP contribution in [-0.4, -0.2) is 39.4 Å². The molecule has 1 heterocycles. The summed E-state index contributed by atoms with van der Waals surface area (Å²) in [5.41, 5.74) is 2.61. The Morgan fingerprint density at radius 2 is 1.75 bits per heavy atom. The molecule has 36 heavy (non-hydrogen) atoms. The number of thioether (sulfide) groups is 1. The van der Waals surface area contributed by atoms with Gasteiger partial charge in [0.15, 0.2) is 11.5 Å². The quantitative estimate of drug-likeness (QED) is 0.285. The van der Waals surface area contributed by atoms with Gasteiger partial charge in [0.05, 0.1) is 11.5 Å². The van der Waals surface area contributed by atoms with Gasteiger partial charge in [-0.05, 0) is 47.0 Å². The number of rotatable bonds is 10. The summed E-state index contributed by atoms with van der Waals surface area (Å²) in [6.07, 6.45) is 2.24. The summed E-state index contributed by atoms with van der Waals surface area (Å²) >= 11 is 6.22. The molecule has 3 aromatic carbocycles. The lowest BCUT2D eigenvalue weighted by Crippen LogP contribution is -2.33. The van der Waals surface area contributed by atoms with Crippen LogP contribution in [0.15, 0.2) is 77.7 Å². The third-order valence-electron chi connectivity index (χ3n) is 5.23. The third kappa shape index (κ3) is 6.71. The molecular formula is C27H22FNO5S2. The van der Waals surface area contributed by atoms with E-state index in [0.717, 1.165) is 27.8 Å². The number of thiocarbonyl (C=S) groups is 1. The predicted octanol–water partition coefficient (Wildman–Crippen LogP) is 5.31. The number of aliphatic carboxylic acids is 1. The van der Waals surface area contributed by atoms with E-state index in [-0.39, 0.29) is 10.1 Å². The maximum atomic E-state index is 13.1. The summed E-state index contributed by atoms with van der Waals surface area (Å²) in [5.74, 6) is -0.840. The van der Waals surface area contributed by atoms with Crippen LogP contribution in [0.2, 0.25) is 0 Å². The highest BCUT2D eigenvalue weighted by molar-refractivity contribution is 8.26. The zero-order valence-electron chi connectivity index (χ0n) is 19.1. The number of carbonyl (C=O) groups excluding carboxylic acids is 1. The van der Waals surface area contributed by atoms with Gasteiger partial charge in [0.25, 0.3) is 5.91 Å². The van der Waals surface area contributed by atoms with Crippen molar-refractivity contribution in [2.75, 3.05) is 13.2 Å². The van der Waals surface area contributed by atoms with Gasteiger partial charge in [-0.15, -0.1) is 0 Å². The number of ether oxygens (including phenoxy) is 2. The molecule has 0 aliphatic carbocycles. The highest BCUT2D eigenvalue weighted by atomic mass is 32.2. The lowest BCUT2D eigenvalue weighted by atomic mass is 10.1. The second kappa shape index (κ2) is 11.8. The SMILES string of the molecule is O=C(O)CN1C(=O)/C(=C/c2ccc(OCCc3ccc(F)cc3)c(OCc3ccccc3)c2)SC1=S. The Kier molecular flexibility index (Phi) is 8.35. The van der Waals surface area contributed by atoms with Crippen molar-refractivity contribution in [3.8, 4) is 11.5 Å². The van der Waals surface area contributed by atoms with Crippen molar-refractivity contribution in [1.29, 1.82) is 0 Å². The Morgan fingerprint density at radius 3 is 2.47 bits per heavy atom. The number of carbonyl (C=O) groups is 2. The van der Waals surface area contributed by atoms with E-state index in [1.165, 1.54) is 12.1 Å². The Hall–Kier alpha value is -3.69. The first-order valence-electron chi connectivity index (χ1n) is 11.0. The van der Waals surface area contributed by atoms with Crippen molar-refractivity contribution in [3.63, 3.8) is 0 Å². The van der Waals surface area contributed by atoms with Gasteiger partial charge >= 0.3 is 5.97 Å². The van der Waals surface area contributed by atoms with Gasteiger partial charge in [-0.25, -0.2) is 4.39 Å². The highest BCUT2D eigenvalue weighted by Gasteiger charge is 2.33. The molecule has 4 rings (SSSR count). The van der Waals surface area contributed by atoms with Gasteiger partial charge in [-0.1, -0.05) is 72.5 Å². The number of hydrogen-bond donors (Lipinski definition) is 1. The number of hydrogen-bond acceptors (Lipinski definition) is 6. The second-order valence-corrected chi connectivity index (χ2v) is 9.54. The molecule has 1 aliphatic rings. The number of benzene rings is 3. The Labute approximate surface area is 217 Å². The van der Waals surface area contributed by atoms with E-state index >= 15 is 0 Å². The first-order valence-corrected chi connectivity index (χ1v) is 12.3. The maximum Gasteiger partial charge on any atom is 0.323 e. The van der Waals surface area contributed by atoms with Gasteiger partial charge in [0.1, 0.15) is 23.3 Å². The fraction of sp³-hybridized carbons (Fsp3) is 0.148. The maximum absolute atomic E-state index is 13.1. The average molecular weight is 524 g/mol. The molecule has 9 heteroatoms. The number of amides is 1. The van der Waals surface area contributed by atoms with Crippen molar-refractivity contribution in [2.45, 2.75) is 13.0 Å². The Morgan fingerprint density at radius 1 is 1.00 bits per heavy atom. The van der Waals surface area contributed by atoms with Gasteiger partial charge in [-0.3, -0.25) is 14.5 Å².